The lowest BCUT2D eigenvalue weighted by atomic mass is 9.99. The number of nitrogens with two attached hydrogens (primary N) is 1. The third-order valence-corrected chi connectivity index (χ3v) is 3.36. The molecule has 0 heterocycles. The first-order chi connectivity index (χ1) is 9.72. The van der Waals surface area contributed by atoms with Crippen molar-refractivity contribution >= 4 is 0 Å². The van der Waals surface area contributed by atoms with Gasteiger partial charge in [0, 0.05) is 6.04 Å². The van der Waals surface area contributed by atoms with E-state index in [4.69, 9.17) is 10.6 Å². The van der Waals surface area contributed by atoms with E-state index in [-0.39, 0.29) is 6.04 Å². The molecule has 0 spiro atoms. The first kappa shape index (κ1) is 14.6. The molecular weight excluding hydrogens is 248 g/mol. The number of nitrogens with one attached hydrogen (secondary N) is 1. The Balaban J connectivity index is 2.09. The van der Waals surface area contributed by atoms with Gasteiger partial charge in [-0.3, -0.25) is 11.3 Å². The molecule has 0 aliphatic heterocycles. The molecule has 3 N–H and O–H groups in total. The molecule has 0 amide bonds. The molecule has 106 valence electrons. The molecule has 0 fully saturated rings. The van der Waals surface area contributed by atoms with Crippen LogP contribution in [0.2, 0.25) is 0 Å². The van der Waals surface area contributed by atoms with Gasteiger partial charge in [-0.1, -0.05) is 42.0 Å². The van der Waals surface area contributed by atoms with Gasteiger partial charge in [-0.2, -0.15) is 0 Å². The zero-order valence-corrected chi connectivity index (χ0v) is 12.1. The summed E-state index contributed by atoms with van der Waals surface area (Å²) < 4.78 is 5.45. The van der Waals surface area contributed by atoms with Crippen molar-refractivity contribution in [1.82, 2.24) is 5.43 Å². The van der Waals surface area contributed by atoms with Crippen molar-refractivity contribution in [3.8, 4) is 5.75 Å². The molecule has 2 rings (SSSR count). The maximum absolute atomic E-state index is 5.70. The van der Waals surface area contributed by atoms with Crippen LogP contribution in [-0.2, 0) is 6.42 Å². The fourth-order valence-corrected chi connectivity index (χ4v) is 2.20. The molecule has 0 aliphatic carbocycles. The monoisotopic (exact) mass is 270 g/mol. The molecule has 1 unspecified atom stereocenters. The van der Waals surface area contributed by atoms with E-state index in [1.807, 2.05) is 19.1 Å². The zero-order valence-electron chi connectivity index (χ0n) is 12.1. The lowest BCUT2D eigenvalue weighted by Gasteiger charge is -2.17. The standard InChI is InChI=1S/C17H22N2O/c1-3-20-16-10-8-15(9-11-16)17(19-18)12-14-6-4-13(2)5-7-14/h4-11,17,19H,3,12,18H2,1-2H3. The van der Waals surface area contributed by atoms with Crippen LogP contribution in [0.1, 0.15) is 29.7 Å². The minimum absolute atomic E-state index is 0.105. The zero-order chi connectivity index (χ0) is 14.4. The summed E-state index contributed by atoms with van der Waals surface area (Å²) in [5, 5.41) is 0. The Bertz CT molecular complexity index is 520. The second-order valence-corrected chi connectivity index (χ2v) is 4.91. The van der Waals surface area contributed by atoms with Gasteiger partial charge in [0.25, 0.3) is 0 Å². The number of aryl methyl sites for hydroxylation is 1. The molecule has 2 aromatic rings. The second-order valence-electron chi connectivity index (χ2n) is 4.91. The van der Waals surface area contributed by atoms with Gasteiger partial charge in [0.2, 0.25) is 0 Å². The minimum atomic E-state index is 0.105. The van der Waals surface area contributed by atoms with Gasteiger partial charge in [0.05, 0.1) is 6.61 Å². The maximum atomic E-state index is 5.70. The maximum Gasteiger partial charge on any atom is 0.119 e. The predicted molar refractivity (Wildman–Crippen MR) is 82.6 cm³/mol. The molecule has 0 saturated carbocycles. The van der Waals surface area contributed by atoms with E-state index in [2.05, 4.69) is 48.7 Å². The van der Waals surface area contributed by atoms with Crippen LogP contribution in [0.25, 0.3) is 0 Å². The van der Waals surface area contributed by atoms with Crippen LogP contribution in [0, 0.1) is 6.92 Å². The minimum Gasteiger partial charge on any atom is -0.494 e. The van der Waals surface area contributed by atoms with Crippen LogP contribution in [0.4, 0.5) is 0 Å². The van der Waals surface area contributed by atoms with Crippen molar-refractivity contribution < 1.29 is 4.74 Å². The summed E-state index contributed by atoms with van der Waals surface area (Å²) in [5.74, 6) is 6.59. The molecule has 2 aromatic carbocycles. The van der Waals surface area contributed by atoms with E-state index in [0.717, 1.165) is 17.7 Å². The van der Waals surface area contributed by atoms with Crippen molar-refractivity contribution in [2.45, 2.75) is 26.3 Å². The van der Waals surface area contributed by atoms with Crippen LogP contribution in [0.3, 0.4) is 0 Å². The lowest BCUT2D eigenvalue weighted by molar-refractivity contribution is 0.340. The van der Waals surface area contributed by atoms with Crippen LogP contribution < -0.4 is 16.0 Å². The highest BCUT2D eigenvalue weighted by molar-refractivity contribution is 5.31. The number of hydrazine groups is 1. The Kier molecular flexibility index (Phi) is 5.16. The van der Waals surface area contributed by atoms with Crippen molar-refractivity contribution in [2.24, 2.45) is 5.84 Å². The number of hydrogen-bond donors (Lipinski definition) is 2. The van der Waals surface area contributed by atoms with Crippen LogP contribution in [-0.4, -0.2) is 6.61 Å². The van der Waals surface area contributed by atoms with Gasteiger partial charge in [0.1, 0.15) is 5.75 Å². The second kappa shape index (κ2) is 7.08. The first-order valence-corrected chi connectivity index (χ1v) is 6.97. The lowest BCUT2D eigenvalue weighted by Crippen LogP contribution is -2.29. The summed E-state index contributed by atoms with van der Waals surface area (Å²) in [6.45, 7) is 4.76. The van der Waals surface area contributed by atoms with E-state index in [0.29, 0.717) is 6.61 Å². The molecule has 0 bridgehead atoms. The fraction of sp³-hybridized carbons (Fsp3) is 0.294. The molecule has 20 heavy (non-hydrogen) atoms. The fourth-order valence-electron chi connectivity index (χ4n) is 2.20. The third-order valence-electron chi connectivity index (χ3n) is 3.36. The largest absolute Gasteiger partial charge is 0.494 e. The number of rotatable bonds is 6. The van der Waals surface area contributed by atoms with E-state index >= 15 is 0 Å². The summed E-state index contributed by atoms with van der Waals surface area (Å²) >= 11 is 0. The Morgan fingerprint density at radius 3 is 2.25 bits per heavy atom. The van der Waals surface area contributed by atoms with Crippen LogP contribution >= 0.6 is 0 Å². The number of ether oxygens (including phenoxy) is 1. The summed E-state index contributed by atoms with van der Waals surface area (Å²) in [7, 11) is 0. The van der Waals surface area contributed by atoms with Gasteiger partial charge >= 0.3 is 0 Å². The Labute approximate surface area is 120 Å². The summed E-state index contributed by atoms with van der Waals surface area (Å²) in [6, 6.07) is 16.7. The van der Waals surface area contributed by atoms with Gasteiger partial charge in [-0.15, -0.1) is 0 Å². The molecule has 0 saturated heterocycles. The van der Waals surface area contributed by atoms with E-state index < -0.39 is 0 Å². The molecule has 3 heteroatoms. The first-order valence-electron chi connectivity index (χ1n) is 6.97. The number of hydrogen-bond acceptors (Lipinski definition) is 3. The summed E-state index contributed by atoms with van der Waals surface area (Å²) in [4.78, 5) is 0. The molecular formula is C17H22N2O. The van der Waals surface area contributed by atoms with Crippen molar-refractivity contribution in [3.05, 3.63) is 65.2 Å². The van der Waals surface area contributed by atoms with E-state index in [1.165, 1.54) is 11.1 Å². The smallest absolute Gasteiger partial charge is 0.119 e. The third kappa shape index (κ3) is 3.83. The topological polar surface area (TPSA) is 47.3 Å². The highest BCUT2D eigenvalue weighted by Crippen LogP contribution is 2.21. The molecule has 0 aliphatic rings. The van der Waals surface area contributed by atoms with Crippen LogP contribution in [0.5, 0.6) is 5.75 Å². The van der Waals surface area contributed by atoms with Crippen LogP contribution in [0.15, 0.2) is 48.5 Å². The normalized spacial score (nSPS) is 12.2. The van der Waals surface area contributed by atoms with Gasteiger partial charge in [-0.05, 0) is 43.5 Å². The number of benzene rings is 2. The van der Waals surface area contributed by atoms with Gasteiger partial charge in [-0.25, -0.2) is 0 Å². The van der Waals surface area contributed by atoms with E-state index in [1.54, 1.807) is 0 Å². The summed E-state index contributed by atoms with van der Waals surface area (Å²) in [5.41, 5.74) is 6.60. The molecule has 3 nitrogen and oxygen atoms in total. The quantitative estimate of drug-likeness (QED) is 0.626. The highest BCUT2D eigenvalue weighted by atomic mass is 16.5. The van der Waals surface area contributed by atoms with Crippen molar-refractivity contribution in [2.75, 3.05) is 6.61 Å². The summed E-state index contributed by atoms with van der Waals surface area (Å²) in [6.07, 6.45) is 0.866. The van der Waals surface area contributed by atoms with Gasteiger partial charge < -0.3 is 4.74 Å². The van der Waals surface area contributed by atoms with E-state index in [9.17, 15) is 0 Å². The molecule has 1 atom stereocenters. The Morgan fingerprint density at radius 1 is 1.05 bits per heavy atom. The highest BCUT2D eigenvalue weighted by Gasteiger charge is 2.10. The Morgan fingerprint density at radius 2 is 1.70 bits per heavy atom. The predicted octanol–water partition coefficient (Wildman–Crippen LogP) is 3.14. The average molecular weight is 270 g/mol. The molecule has 0 radical (unpaired) electrons. The van der Waals surface area contributed by atoms with Crippen molar-refractivity contribution in [3.63, 3.8) is 0 Å². The Hall–Kier alpha value is -1.84. The molecule has 0 aromatic heterocycles. The van der Waals surface area contributed by atoms with Crippen molar-refractivity contribution in [1.29, 1.82) is 0 Å². The SMILES string of the molecule is CCOc1ccc(C(Cc2ccc(C)cc2)NN)cc1. The average Bonchev–Trinajstić information content (AvgIpc) is 2.48. The van der Waals surface area contributed by atoms with Gasteiger partial charge in [0.15, 0.2) is 0 Å².